The molecule has 8 heteroatoms. The summed E-state index contributed by atoms with van der Waals surface area (Å²) in [7, 11) is 0. The smallest absolute Gasteiger partial charge is 0.252 e. The third-order valence-electron chi connectivity index (χ3n) is 4.31. The van der Waals surface area contributed by atoms with Crippen LogP contribution in [-0.2, 0) is 11.2 Å². The van der Waals surface area contributed by atoms with E-state index in [1.807, 2.05) is 32.0 Å². The molecule has 2 N–H and O–H groups in total. The van der Waals surface area contributed by atoms with E-state index in [9.17, 15) is 4.79 Å². The van der Waals surface area contributed by atoms with Crippen molar-refractivity contribution in [2.75, 3.05) is 5.32 Å². The molecule has 0 radical (unpaired) electrons. The lowest BCUT2D eigenvalue weighted by Gasteiger charge is -2.10. The Morgan fingerprint density at radius 3 is 3.08 bits per heavy atom. The van der Waals surface area contributed by atoms with Gasteiger partial charge in [-0.1, -0.05) is 0 Å². The highest BCUT2D eigenvalue weighted by atomic mass is 16.1. The first-order chi connectivity index (χ1) is 12.1. The van der Waals surface area contributed by atoms with Crippen LogP contribution in [0.15, 0.2) is 30.7 Å². The largest absolute Gasteiger partial charge is 0.326 e. The number of nitrogens with zero attached hydrogens (tertiary/aromatic N) is 5. The molecule has 0 saturated carbocycles. The maximum absolute atomic E-state index is 12.3. The average Bonchev–Trinajstić information content (AvgIpc) is 3.22. The molecule has 0 saturated heterocycles. The number of fused-ring (bicyclic) bond motifs is 2. The van der Waals surface area contributed by atoms with Gasteiger partial charge in [0.15, 0.2) is 0 Å². The molecule has 0 fully saturated rings. The van der Waals surface area contributed by atoms with Crippen molar-refractivity contribution < 1.29 is 4.79 Å². The maximum Gasteiger partial charge on any atom is 0.252 e. The lowest BCUT2D eigenvalue weighted by atomic mass is 10.1. The molecule has 0 unspecified atom stereocenters. The SMILES string of the molecule is Cc1nc2ncnn2c(C)c1CCC(=O)Nc1ccc2[nH]ncc2c1. The molecular formula is C17H17N7O. The molecule has 1 aromatic carbocycles. The zero-order valence-electron chi connectivity index (χ0n) is 13.9. The van der Waals surface area contributed by atoms with Gasteiger partial charge in [0.05, 0.1) is 11.7 Å². The topological polar surface area (TPSA) is 101 Å². The third-order valence-corrected chi connectivity index (χ3v) is 4.31. The van der Waals surface area contributed by atoms with Crippen molar-refractivity contribution in [1.29, 1.82) is 0 Å². The first-order valence-corrected chi connectivity index (χ1v) is 8.00. The summed E-state index contributed by atoms with van der Waals surface area (Å²) in [5, 5.41) is 14.9. The molecule has 1 amide bonds. The number of hydrogen-bond acceptors (Lipinski definition) is 5. The molecule has 126 valence electrons. The number of amides is 1. The van der Waals surface area contributed by atoms with Crippen LogP contribution >= 0.6 is 0 Å². The Balaban J connectivity index is 1.48. The highest BCUT2D eigenvalue weighted by Gasteiger charge is 2.12. The molecule has 0 aliphatic heterocycles. The number of rotatable bonds is 4. The molecule has 0 aliphatic rings. The summed E-state index contributed by atoms with van der Waals surface area (Å²) in [6.45, 7) is 3.90. The van der Waals surface area contributed by atoms with E-state index in [4.69, 9.17) is 0 Å². The number of aromatic nitrogens is 6. The van der Waals surface area contributed by atoms with Crippen molar-refractivity contribution in [2.24, 2.45) is 0 Å². The van der Waals surface area contributed by atoms with E-state index >= 15 is 0 Å². The summed E-state index contributed by atoms with van der Waals surface area (Å²) in [6.07, 6.45) is 4.18. The number of H-pyrrole nitrogens is 1. The highest BCUT2D eigenvalue weighted by molar-refractivity contribution is 5.93. The summed E-state index contributed by atoms with van der Waals surface area (Å²) in [6, 6.07) is 5.66. The fourth-order valence-corrected chi connectivity index (χ4v) is 3.00. The number of anilines is 1. The Morgan fingerprint density at radius 1 is 1.32 bits per heavy atom. The van der Waals surface area contributed by atoms with E-state index in [1.165, 1.54) is 6.33 Å². The molecule has 25 heavy (non-hydrogen) atoms. The van der Waals surface area contributed by atoms with E-state index in [-0.39, 0.29) is 5.91 Å². The van der Waals surface area contributed by atoms with E-state index in [0.29, 0.717) is 18.6 Å². The summed E-state index contributed by atoms with van der Waals surface area (Å²) >= 11 is 0. The van der Waals surface area contributed by atoms with Gasteiger partial charge in [-0.2, -0.15) is 15.2 Å². The zero-order chi connectivity index (χ0) is 17.4. The van der Waals surface area contributed by atoms with Crippen LogP contribution in [0.1, 0.15) is 23.4 Å². The van der Waals surface area contributed by atoms with Crippen LogP contribution in [0.4, 0.5) is 5.69 Å². The molecule has 0 bridgehead atoms. The molecule has 3 aromatic heterocycles. The zero-order valence-corrected chi connectivity index (χ0v) is 13.9. The van der Waals surface area contributed by atoms with Gasteiger partial charge in [-0.05, 0) is 44.0 Å². The minimum Gasteiger partial charge on any atom is -0.326 e. The Morgan fingerprint density at radius 2 is 2.20 bits per heavy atom. The van der Waals surface area contributed by atoms with Crippen LogP contribution in [0.2, 0.25) is 0 Å². The number of aryl methyl sites for hydroxylation is 2. The fourth-order valence-electron chi connectivity index (χ4n) is 3.00. The van der Waals surface area contributed by atoms with Gasteiger partial charge in [-0.25, -0.2) is 9.50 Å². The first kappa shape index (κ1) is 15.3. The lowest BCUT2D eigenvalue weighted by molar-refractivity contribution is -0.116. The van der Waals surface area contributed by atoms with Crippen molar-refractivity contribution in [2.45, 2.75) is 26.7 Å². The van der Waals surface area contributed by atoms with Gasteiger partial charge in [0, 0.05) is 28.9 Å². The molecule has 3 heterocycles. The molecule has 0 spiro atoms. The van der Waals surface area contributed by atoms with Crippen LogP contribution in [0.25, 0.3) is 16.7 Å². The molecule has 4 aromatic rings. The molecule has 0 atom stereocenters. The Kier molecular flexibility index (Phi) is 3.64. The molecular weight excluding hydrogens is 318 g/mol. The standard InChI is InChI=1S/C17H17N7O/c1-10-14(11(2)24-17(21-10)18-9-20-24)4-6-16(25)22-13-3-5-15-12(7-13)8-19-23-15/h3,5,7-9H,4,6H2,1-2H3,(H,19,23)(H,22,25). The van der Waals surface area contributed by atoms with Crippen molar-refractivity contribution in [3.8, 4) is 0 Å². The predicted molar refractivity (Wildman–Crippen MR) is 93.3 cm³/mol. The van der Waals surface area contributed by atoms with Gasteiger partial charge >= 0.3 is 0 Å². The number of nitrogens with one attached hydrogen (secondary N) is 2. The fraction of sp³-hybridized carbons (Fsp3) is 0.235. The van der Waals surface area contributed by atoms with E-state index < -0.39 is 0 Å². The first-order valence-electron chi connectivity index (χ1n) is 8.00. The van der Waals surface area contributed by atoms with Crippen LogP contribution in [0.5, 0.6) is 0 Å². The summed E-state index contributed by atoms with van der Waals surface area (Å²) in [5.74, 6) is 0.539. The predicted octanol–water partition coefficient (Wildman–Crippen LogP) is 2.19. The van der Waals surface area contributed by atoms with Gasteiger partial charge < -0.3 is 5.32 Å². The number of benzene rings is 1. The molecule has 4 rings (SSSR count). The Hall–Kier alpha value is -3.29. The summed E-state index contributed by atoms with van der Waals surface area (Å²) in [5.41, 5.74) is 4.57. The monoisotopic (exact) mass is 335 g/mol. The minimum atomic E-state index is -0.0414. The second-order valence-electron chi connectivity index (χ2n) is 5.95. The van der Waals surface area contributed by atoms with E-state index in [1.54, 1.807) is 10.7 Å². The van der Waals surface area contributed by atoms with Gasteiger partial charge in [0.25, 0.3) is 5.78 Å². The van der Waals surface area contributed by atoms with Crippen molar-refractivity contribution >= 4 is 28.3 Å². The van der Waals surface area contributed by atoms with E-state index in [2.05, 4.69) is 30.6 Å². The number of hydrogen-bond donors (Lipinski definition) is 2. The third kappa shape index (κ3) is 2.82. The second kappa shape index (κ2) is 5.97. The second-order valence-corrected chi connectivity index (χ2v) is 5.95. The van der Waals surface area contributed by atoms with Gasteiger partial charge in [-0.3, -0.25) is 9.89 Å². The van der Waals surface area contributed by atoms with Crippen molar-refractivity contribution in [3.05, 3.63) is 47.7 Å². The minimum absolute atomic E-state index is 0.0414. The number of aromatic amines is 1. The molecule has 0 aliphatic carbocycles. The van der Waals surface area contributed by atoms with Crippen molar-refractivity contribution in [3.63, 3.8) is 0 Å². The van der Waals surface area contributed by atoms with Crippen LogP contribution in [-0.4, -0.2) is 35.7 Å². The van der Waals surface area contributed by atoms with Crippen LogP contribution in [0, 0.1) is 13.8 Å². The van der Waals surface area contributed by atoms with Crippen LogP contribution < -0.4 is 5.32 Å². The normalized spacial score (nSPS) is 11.3. The Labute approximate surface area is 143 Å². The van der Waals surface area contributed by atoms with Crippen molar-refractivity contribution in [1.82, 2.24) is 29.8 Å². The van der Waals surface area contributed by atoms with E-state index in [0.717, 1.165) is 33.5 Å². The quantitative estimate of drug-likeness (QED) is 0.595. The van der Waals surface area contributed by atoms with Crippen LogP contribution in [0.3, 0.4) is 0 Å². The molecule has 8 nitrogen and oxygen atoms in total. The average molecular weight is 335 g/mol. The van der Waals surface area contributed by atoms with Gasteiger partial charge in [0.1, 0.15) is 6.33 Å². The lowest BCUT2D eigenvalue weighted by Crippen LogP contribution is -2.14. The Bertz CT molecular complexity index is 1080. The van der Waals surface area contributed by atoms with Gasteiger partial charge in [0.2, 0.25) is 5.91 Å². The summed E-state index contributed by atoms with van der Waals surface area (Å²) in [4.78, 5) is 20.8. The summed E-state index contributed by atoms with van der Waals surface area (Å²) < 4.78 is 1.70. The highest BCUT2D eigenvalue weighted by Crippen LogP contribution is 2.18. The number of carbonyl (C=O) groups excluding carboxylic acids is 1. The maximum atomic E-state index is 12.3. The van der Waals surface area contributed by atoms with Gasteiger partial charge in [-0.15, -0.1) is 0 Å². The number of carbonyl (C=O) groups is 1.